The van der Waals surface area contributed by atoms with Gasteiger partial charge in [-0.1, -0.05) is 11.6 Å². The van der Waals surface area contributed by atoms with E-state index >= 15 is 0 Å². The monoisotopic (exact) mass is 287 g/mol. The summed E-state index contributed by atoms with van der Waals surface area (Å²) in [4.78, 5) is 14.8. The van der Waals surface area contributed by atoms with Crippen molar-refractivity contribution in [3.8, 4) is 0 Å². The Bertz CT molecular complexity index is 429. The zero-order chi connectivity index (χ0) is 13.4. The molecule has 0 spiro atoms. The molecule has 0 amide bonds. The number of nitrogens with zero attached hydrogens (tertiary/aromatic N) is 1. The topological polar surface area (TPSA) is 63.2 Å². The summed E-state index contributed by atoms with van der Waals surface area (Å²) in [7, 11) is 1.37. The lowest BCUT2D eigenvalue weighted by Crippen LogP contribution is -2.29. The molecule has 0 saturated carbocycles. The first-order valence-corrected chi connectivity index (χ1v) is 6.14. The van der Waals surface area contributed by atoms with Crippen LogP contribution in [-0.2, 0) is 9.53 Å². The molecule has 0 aromatic carbocycles. The minimum absolute atomic E-state index is 0.231. The van der Waals surface area contributed by atoms with Gasteiger partial charge in [-0.3, -0.25) is 4.79 Å². The second kappa shape index (κ2) is 7.84. The lowest BCUT2D eigenvalue weighted by Gasteiger charge is -2.10. The second-order valence-corrected chi connectivity index (χ2v) is 4.17. The van der Waals surface area contributed by atoms with Crippen molar-refractivity contribution >= 4 is 40.6 Å². The summed E-state index contributed by atoms with van der Waals surface area (Å²) < 4.78 is 4.53. The maximum atomic E-state index is 10.9. The van der Waals surface area contributed by atoms with Gasteiger partial charge < -0.3 is 15.4 Å². The highest BCUT2D eigenvalue weighted by Crippen LogP contribution is 2.16. The van der Waals surface area contributed by atoms with Gasteiger partial charge in [0.25, 0.3) is 0 Å². The van der Waals surface area contributed by atoms with E-state index in [0.717, 1.165) is 0 Å². The number of hydrogen-bond acceptors (Lipinski definition) is 4. The number of nitrogens with one attached hydrogen (secondary N) is 2. The van der Waals surface area contributed by atoms with E-state index in [1.165, 1.54) is 7.11 Å². The van der Waals surface area contributed by atoms with Crippen molar-refractivity contribution in [2.24, 2.45) is 0 Å². The molecule has 18 heavy (non-hydrogen) atoms. The largest absolute Gasteiger partial charge is 0.469 e. The molecule has 98 valence electrons. The summed E-state index contributed by atoms with van der Waals surface area (Å²) in [6.07, 6.45) is 2.61. The van der Waals surface area contributed by atoms with Crippen molar-refractivity contribution in [1.82, 2.24) is 10.3 Å². The molecule has 1 aromatic rings. The van der Waals surface area contributed by atoms with Crippen molar-refractivity contribution in [2.45, 2.75) is 12.8 Å². The van der Waals surface area contributed by atoms with Crippen molar-refractivity contribution in [2.75, 3.05) is 19.0 Å². The third kappa shape index (κ3) is 5.29. The number of aromatic nitrogens is 1. The van der Waals surface area contributed by atoms with Gasteiger partial charge >= 0.3 is 5.97 Å². The number of ether oxygens (including phenoxy) is 1. The second-order valence-electron chi connectivity index (χ2n) is 3.40. The molecule has 2 N–H and O–H groups in total. The molecule has 0 aliphatic carbocycles. The molecule has 0 atom stereocenters. The Morgan fingerprint density at radius 2 is 2.39 bits per heavy atom. The number of esters is 1. The Balaban J connectivity index is 2.26. The molecule has 0 aliphatic rings. The van der Waals surface area contributed by atoms with Gasteiger partial charge in [0.2, 0.25) is 0 Å². The molecule has 0 aliphatic heterocycles. The van der Waals surface area contributed by atoms with Crippen LogP contribution in [0.3, 0.4) is 0 Å². The van der Waals surface area contributed by atoms with Gasteiger partial charge in [0, 0.05) is 19.2 Å². The third-order valence-electron chi connectivity index (χ3n) is 2.08. The molecule has 5 nitrogen and oxygen atoms in total. The predicted octanol–water partition coefficient (Wildman–Crippen LogP) is 1.97. The number of carbonyl (C=O) groups is 1. The number of anilines is 1. The van der Waals surface area contributed by atoms with E-state index in [-0.39, 0.29) is 5.97 Å². The van der Waals surface area contributed by atoms with Crippen LogP contribution in [0.15, 0.2) is 18.3 Å². The number of halogens is 1. The molecular formula is C11H14ClN3O2S. The lowest BCUT2D eigenvalue weighted by molar-refractivity contribution is -0.140. The summed E-state index contributed by atoms with van der Waals surface area (Å²) >= 11 is 10.9. The van der Waals surface area contributed by atoms with Crippen molar-refractivity contribution in [1.29, 1.82) is 0 Å². The van der Waals surface area contributed by atoms with Crippen LogP contribution in [0.5, 0.6) is 0 Å². The van der Waals surface area contributed by atoms with E-state index in [4.69, 9.17) is 23.8 Å². The Labute approximate surface area is 116 Å². The van der Waals surface area contributed by atoms with Crippen LogP contribution in [0, 0.1) is 0 Å². The van der Waals surface area contributed by atoms with E-state index in [1.807, 2.05) is 0 Å². The standard InChI is InChI=1S/C11H14ClN3O2S/c1-17-9(16)5-3-7-14-11(18)15-8-4-2-6-13-10(8)12/h2,4,6H,3,5,7H2,1H3,(H2,14,15,18). The van der Waals surface area contributed by atoms with Crippen LogP contribution in [0.1, 0.15) is 12.8 Å². The molecule has 0 fully saturated rings. The minimum Gasteiger partial charge on any atom is -0.469 e. The molecule has 1 aromatic heterocycles. The maximum absolute atomic E-state index is 10.9. The Morgan fingerprint density at radius 1 is 1.61 bits per heavy atom. The summed E-state index contributed by atoms with van der Waals surface area (Å²) in [5.74, 6) is -0.231. The van der Waals surface area contributed by atoms with Crippen LogP contribution in [0.2, 0.25) is 5.15 Å². The fourth-order valence-corrected chi connectivity index (χ4v) is 1.56. The van der Waals surface area contributed by atoms with E-state index in [9.17, 15) is 4.79 Å². The number of thiocarbonyl (C=S) groups is 1. The molecule has 0 saturated heterocycles. The van der Waals surface area contributed by atoms with Gasteiger partial charge in [0.05, 0.1) is 12.8 Å². The van der Waals surface area contributed by atoms with Gasteiger partial charge in [-0.15, -0.1) is 0 Å². The zero-order valence-corrected chi connectivity index (χ0v) is 11.5. The maximum Gasteiger partial charge on any atom is 0.305 e. The van der Waals surface area contributed by atoms with Gasteiger partial charge in [-0.25, -0.2) is 4.98 Å². The molecule has 0 radical (unpaired) electrons. The number of carbonyl (C=O) groups excluding carboxylic acids is 1. The van der Waals surface area contributed by atoms with Gasteiger partial charge in [0.15, 0.2) is 10.3 Å². The van der Waals surface area contributed by atoms with Crippen LogP contribution >= 0.6 is 23.8 Å². The van der Waals surface area contributed by atoms with Gasteiger partial charge in [-0.05, 0) is 30.8 Å². The fourth-order valence-electron chi connectivity index (χ4n) is 1.18. The SMILES string of the molecule is COC(=O)CCCNC(=S)Nc1cccnc1Cl. The smallest absolute Gasteiger partial charge is 0.305 e. The van der Waals surface area contributed by atoms with E-state index in [2.05, 4.69) is 20.4 Å². The summed E-state index contributed by atoms with van der Waals surface area (Å²) in [5.41, 5.74) is 0.643. The average molecular weight is 288 g/mol. The van der Waals surface area contributed by atoms with E-state index in [1.54, 1.807) is 18.3 Å². The molecule has 1 heterocycles. The number of rotatable bonds is 5. The first-order chi connectivity index (χ1) is 8.63. The van der Waals surface area contributed by atoms with Crippen molar-refractivity contribution < 1.29 is 9.53 Å². The predicted molar refractivity (Wildman–Crippen MR) is 74.7 cm³/mol. The summed E-state index contributed by atoms with van der Waals surface area (Å²) in [6, 6.07) is 3.53. The normalized spacial score (nSPS) is 9.67. The van der Waals surface area contributed by atoms with Crippen molar-refractivity contribution in [3.05, 3.63) is 23.5 Å². The van der Waals surface area contributed by atoms with Gasteiger partial charge in [-0.2, -0.15) is 0 Å². The Kier molecular flexibility index (Phi) is 6.38. The highest BCUT2D eigenvalue weighted by molar-refractivity contribution is 7.80. The summed E-state index contributed by atoms with van der Waals surface area (Å²) in [5, 5.41) is 6.68. The van der Waals surface area contributed by atoms with E-state index < -0.39 is 0 Å². The minimum atomic E-state index is -0.231. The highest BCUT2D eigenvalue weighted by atomic mass is 35.5. The molecular weight excluding hydrogens is 274 g/mol. The van der Waals surface area contributed by atoms with Crippen LogP contribution in [-0.4, -0.2) is 29.7 Å². The van der Waals surface area contributed by atoms with Crippen LogP contribution in [0.25, 0.3) is 0 Å². The number of pyridine rings is 1. The van der Waals surface area contributed by atoms with Crippen LogP contribution in [0.4, 0.5) is 5.69 Å². The quantitative estimate of drug-likeness (QED) is 0.374. The Morgan fingerprint density at radius 3 is 3.06 bits per heavy atom. The lowest BCUT2D eigenvalue weighted by atomic mass is 10.3. The Hall–Kier alpha value is -1.40. The first kappa shape index (κ1) is 14.7. The fraction of sp³-hybridized carbons (Fsp3) is 0.364. The zero-order valence-electron chi connectivity index (χ0n) is 9.90. The highest BCUT2D eigenvalue weighted by Gasteiger charge is 2.03. The first-order valence-electron chi connectivity index (χ1n) is 5.35. The number of methoxy groups -OCH3 is 1. The molecule has 1 rings (SSSR count). The van der Waals surface area contributed by atoms with E-state index in [0.29, 0.717) is 35.3 Å². The average Bonchev–Trinajstić information content (AvgIpc) is 2.37. The third-order valence-corrected chi connectivity index (χ3v) is 2.63. The van der Waals surface area contributed by atoms with Crippen molar-refractivity contribution in [3.63, 3.8) is 0 Å². The van der Waals surface area contributed by atoms with Gasteiger partial charge in [0.1, 0.15) is 0 Å². The molecule has 0 bridgehead atoms. The number of hydrogen-bond donors (Lipinski definition) is 2. The van der Waals surface area contributed by atoms with Crippen LogP contribution < -0.4 is 10.6 Å². The molecule has 0 unspecified atom stereocenters. The molecule has 7 heteroatoms. The summed E-state index contributed by atoms with van der Waals surface area (Å²) in [6.45, 7) is 0.582.